The molecule has 0 spiro atoms. The highest BCUT2D eigenvalue weighted by molar-refractivity contribution is 5.00. The smallest absolute Gasteiger partial charge is 0.0360 e. The maximum absolute atomic E-state index is 6.30. The van der Waals surface area contributed by atoms with Gasteiger partial charge in [-0.3, -0.25) is 4.90 Å². The van der Waals surface area contributed by atoms with Crippen LogP contribution in [0.25, 0.3) is 0 Å². The lowest BCUT2D eigenvalue weighted by atomic mass is 9.68. The van der Waals surface area contributed by atoms with E-state index in [1.807, 2.05) is 0 Å². The molecule has 0 saturated heterocycles. The molecule has 0 aromatic carbocycles. The molecule has 1 rings (SSSR count). The van der Waals surface area contributed by atoms with Crippen LogP contribution in [0.1, 0.15) is 73.1 Å². The van der Waals surface area contributed by atoms with Gasteiger partial charge < -0.3 is 5.73 Å². The van der Waals surface area contributed by atoms with E-state index in [1.54, 1.807) is 0 Å². The molecule has 0 radical (unpaired) electrons. The topological polar surface area (TPSA) is 29.3 Å². The molecule has 19 heavy (non-hydrogen) atoms. The molecule has 114 valence electrons. The Hall–Kier alpha value is -0.0800. The average molecular weight is 268 g/mol. The summed E-state index contributed by atoms with van der Waals surface area (Å²) in [5.74, 6) is 1.60. The second kappa shape index (κ2) is 7.64. The van der Waals surface area contributed by atoms with Crippen LogP contribution < -0.4 is 5.73 Å². The van der Waals surface area contributed by atoms with Crippen molar-refractivity contribution in [2.24, 2.45) is 17.6 Å². The molecule has 0 bridgehead atoms. The molecule has 4 unspecified atom stereocenters. The van der Waals surface area contributed by atoms with Gasteiger partial charge in [-0.25, -0.2) is 0 Å². The predicted molar refractivity (Wildman–Crippen MR) is 85.3 cm³/mol. The van der Waals surface area contributed by atoms with E-state index < -0.39 is 0 Å². The summed E-state index contributed by atoms with van der Waals surface area (Å²) < 4.78 is 0. The van der Waals surface area contributed by atoms with Crippen molar-refractivity contribution < 1.29 is 0 Å². The fourth-order valence-electron chi connectivity index (χ4n) is 3.96. The van der Waals surface area contributed by atoms with Crippen molar-refractivity contribution in [1.29, 1.82) is 0 Å². The first kappa shape index (κ1) is 17.0. The molecule has 4 atom stereocenters. The molecule has 0 aromatic rings. The summed E-state index contributed by atoms with van der Waals surface area (Å²) in [6.45, 7) is 13.9. The normalized spacial score (nSPS) is 33.6. The van der Waals surface area contributed by atoms with Gasteiger partial charge in [0.1, 0.15) is 0 Å². The predicted octanol–water partition coefficient (Wildman–Crippen LogP) is 4.04. The Kier molecular flexibility index (Phi) is 6.82. The van der Waals surface area contributed by atoms with E-state index in [0.29, 0.717) is 6.04 Å². The molecule has 1 aliphatic carbocycles. The summed E-state index contributed by atoms with van der Waals surface area (Å²) in [5, 5.41) is 0. The van der Waals surface area contributed by atoms with Crippen LogP contribution in [0.2, 0.25) is 0 Å². The standard InChI is InChI=1S/C17H36N2/c1-6-8-11-19(16(5)7-2)17(13-18)10-9-14(3)12-15(17)4/h14-16H,6-13,18H2,1-5H3. The van der Waals surface area contributed by atoms with Crippen molar-refractivity contribution >= 4 is 0 Å². The summed E-state index contributed by atoms with van der Waals surface area (Å²) in [4.78, 5) is 2.77. The molecule has 0 aromatic heterocycles. The number of hydrogen-bond acceptors (Lipinski definition) is 2. The van der Waals surface area contributed by atoms with Crippen molar-refractivity contribution in [3.8, 4) is 0 Å². The zero-order valence-electron chi connectivity index (χ0n) is 13.9. The monoisotopic (exact) mass is 268 g/mol. The van der Waals surface area contributed by atoms with Gasteiger partial charge in [-0.1, -0.05) is 34.1 Å². The lowest BCUT2D eigenvalue weighted by molar-refractivity contribution is -0.0267. The molecule has 1 saturated carbocycles. The number of rotatable bonds is 7. The Bertz CT molecular complexity index is 254. The molecule has 2 heteroatoms. The number of nitrogens with two attached hydrogens (primary N) is 1. The van der Waals surface area contributed by atoms with E-state index in [9.17, 15) is 0 Å². The minimum Gasteiger partial charge on any atom is -0.329 e. The van der Waals surface area contributed by atoms with Crippen LogP contribution in [0.15, 0.2) is 0 Å². The van der Waals surface area contributed by atoms with E-state index in [1.165, 1.54) is 45.1 Å². The van der Waals surface area contributed by atoms with Gasteiger partial charge in [-0.2, -0.15) is 0 Å². The van der Waals surface area contributed by atoms with Crippen LogP contribution in [-0.4, -0.2) is 29.6 Å². The summed E-state index contributed by atoms with van der Waals surface area (Å²) in [6, 6.07) is 0.658. The van der Waals surface area contributed by atoms with Crippen molar-refractivity contribution in [3.63, 3.8) is 0 Å². The third-order valence-electron chi connectivity index (χ3n) is 5.54. The summed E-state index contributed by atoms with van der Waals surface area (Å²) in [6.07, 6.45) is 7.79. The minimum atomic E-state index is 0.261. The van der Waals surface area contributed by atoms with Gasteiger partial charge in [-0.15, -0.1) is 0 Å². The van der Waals surface area contributed by atoms with E-state index in [4.69, 9.17) is 5.73 Å². The molecular formula is C17H36N2. The minimum absolute atomic E-state index is 0.261. The highest BCUT2D eigenvalue weighted by Gasteiger charge is 2.44. The van der Waals surface area contributed by atoms with Crippen LogP contribution >= 0.6 is 0 Å². The Balaban J connectivity index is 2.92. The van der Waals surface area contributed by atoms with Crippen LogP contribution in [0.3, 0.4) is 0 Å². The first-order valence-electron chi connectivity index (χ1n) is 8.48. The first-order chi connectivity index (χ1) is 9.01. The van der Waals surface area contributed by atoms with E-state index in [2.05, 4.69) is 39.5 Å². The number of hydrogen-bond donors (Lipinski definition) is 1. The second-order valence-corrected chi connectivity index (χ2v) is 6.89. The molecular weight excluding hydrogens is 232 g/mol. The van der Waals surface area contributed by atoms with Gasteiger partial charge in [0.25, 0.3) is 0 Å². The zero-order valence-corrected chi connectivity index (χ0v) is 13.9. The molecule has 1 fully saturated rings. The van der Waals surface area contributed by atoms with Crippen molar-refractivity contribution in [3.05, 3.63) is 0 Å². The Morgan fingerprint density at radius 1 is 1.32 bits per heavy atom. The van der Waals surface area contributed by atoms with E-state index in [-0.39, 0.29) is 5.54 Å². The fourth-order valence-corrected chi connectivity index (χ4v) is 3.96. The molecule has 2 nitrogen and oxygen atoms in total. The van der Waals surface area contributed by atoms with Crippen LogP contribution in [0, 0.1) is 11.8 Å². The lowest BCUT2D eigenvalue weighted by Gasteiger charge is -2.53. The number of nitrogens with zero attached hydrogens (tertiary/aromatic N) is 1. The van der Waals surface area contributed by atoms with Gasteiger partial charge in [0.15, 0.2) is 0 Å². The molecule has 0 heterocycles. The summed E-state index contributed by atoms with van der Waals surface area (Å²) in [7, 11) is 0. The maximum atomic E-state index is 6.30. The lowest BCUT2D eigenvalue weighted by Crippen LogP contribution is -2.62. The van der Waals surface area contributed by atoms with Crippen LogP contribution in [0.5, 0.6) is 0 Å². The van der Waals surface area contributed by atoms with Gasteiger partial charge >= 0.3 is 0 Å². The third-order valence-corrected chi connectivity index (χ3v) is 5.54. The Morgan fingerprint density at radius 2 is 2.00 bits per heavy atom. The van der Waals surface area contributed by atoms with Crippen molar-refractivity contribution in [1.82, 2.24) is 4.90 Å². The Labute approximate surface area is 121 Å². The molecule has 1 aliphatic rings. The third kappa shape index (κ3) is 3.72. The van der Waals surface area contributed by atoms with E-state index in [0.717, 1.165) is 18.4 Å². The zero-order chi connectivity index (χ0) is 14.5. The maximum Gasteiger partial charge on any atom is 0.0360 e. The highest BCUT2D eigenvalue weighted by atomic mass is 15.2. The van der Waals surface area contributed by atoms with E-state index >= 15 is 0 Å². The summed E-state index contributed by atoms with van der Waals surface area (Å²) in [5.41, 5.74) is 6.56. The quantitative estimate of drug-likeness (QED) is 0.755. The highest BCUT2D eigenvalue weighted by Crippen LogP contribution is 2.41. The molecule has 0 aliphatic heterocycles. The molecule has 0 amide bonds. The van der Waals surface area contributed by atoms with Gasteiger partial charge in [0.05, 0.1) is 0 Å². The SMILES string of the molecule is CCCCN(C(C)CC)C1(CN)CCC(C)CC1C. The second-order valence-electron chi connectivity index (χ2n) is 6.89. The largest absolute Gasteiger partial charge is 0.329 e. The summed E-state index contributed by atoms with van der Waals surface area (Å²) >= 11 is 0. The van der Waals surface area contributed by atoms with Crippen LogP contribution in [-0.2, 0) is 0 Å². The first-order valence-corrected chi connectivity index (χ1v) is 8.48. The fraction of sp³-hybridized carbons (Fsp3) is 1.00. The number of unbranched alkanes of at least 4 members (excludes halogenated alkanes) is 1. The van der Waals surface area contributed by atoms with Gasteiger partial charge in [-0.05, 0) is 57.4 Å². The van der Waals surface area contributed by atoms with Gasteiger partial charge in [0.2, 0.25) is 0 Å². The Morgan fingerprint density at radius 3 is 2.47 bits per heavy atom. The molecule has 2 N–H and O–H groups in total. The van der Waals surface area contributed by atoms with Gasteiger partial charge in [0, 0.05) is 18.1 Å². The average Bonchev–Trinajstić information content (AvgIpc) is 2.41. The van der Waals surface area contributed by atoms with Crippen LogP contribution in [0.4, 0.5) is 0 Å². The van der Waals surface area contributed by atoms with Crippen molar-refractivity contribution in [2.45, 2.75) is 84.7 Å². The van der Waals surface area contributed by atoms with Crippen molar-refractivity contribution in [2.75, 3.05) is 13.1 Å².